The molecule has 3 aliphatic rings. The number of pyridine rings is 2. The van der Waals surface area contributed by atoms with Gasteiger partial charge in [-0.15, -0.1) is 0 Å². The highest BCUT2D eigenvalue weighted by atomic mass is 16.3. The number of anilines is 3. The van der Waals surface area contributed by atoms with Crippen molar-refractivity contribution in [3.8, 4) is 11.5 Å². The van der Waals surface area contributed by atoms with E-state index in [1.165, 1.54) is 25.2 Å². The highest BCUT2D eigenvalue weighted by Gasteiger charge is 2.33. The molecule has 5 heterocycles. The fourth-order valence-corrected chi connectivity index (χ4v) is 6.12. The quantitative estimate of drug-likeness (QED) is 0.423. The highest BCUT2D eigenvalue weighted by Crippen LogP contribution is 2.37. The number of nitrogens with zero attached hydrogens (tertiary/aromatic N) is 5. The third-order valence-electron chi connectivity index (χ3n) is 7.94. The second kappa shape index (κ2) is 8.69. The first-order valence-corrected chi connectivity index (χ1v) is 13.2. The molecule has 3 fully saturated rings. The molecule has 7 rings (SSSR count). The summed E-state index contributed by atoms with van der Waals surface area (Å²) in [6.07, 6.45) is 6.73. The van der Waals surface area contributed by atoms with Gasteiger partial charge in [0, 0.05) is 68.0 Å². The largest absolute Gasteiger partial charge is 0.436 e. The molecule has 2 atom stereocenters. The zero-order valence-corrected chi connectivity index (χ0v) is 21.2. The Hall–Kier alpha value is -3.72. The third-order valence-corrected chi connectivity index (χ3v) is 7.94. The molecule has 2 N–H and O–H groups in total. The molecular weight excluding hydrogens is 466 g/mol. The summed E-state index contributed by atoms with van der Waals surface area (Å²) in [5.74, 6) is 3.31. The van der Waals surface area contributed by atoms with Gasteiger partial charge in [0.05, 0.1) is 5.56 Å². The van der Waals surface area contributed by atoms with Crippen LogP contribution in [-0.2, 0) is 4.79 Å². The first kappa shape index (κ1) is 22.5. The molecule has 0 spiro atoms. The molecule has 1 aromatic carbocycles. The molecule has 9 heteroatoms. The maximum atomic E-state index is 12.3. The molecule has 1 aliphatic carbocycles. The molecule has 37 heavy (non-hydrogen) atoms. The SMILES string of the molecule is CNc1ncc(-c2nc3cc(N4CC5CC(CN(C)C5)C4)ccc3o2)c2cc(NC(=O)C3CC3)ncc12. The molecule has 9 nitrogen and oxygen atoms in total. The maximum Gasteiger partial charge on any atom is 0.229 e. The fourth-order valence-electron chi connectivity index (χ4n) is 6.12. The molecule has 0 radical (unpaired) electrons. The average molecular weight is 498 g/mol. The van der Waals surface area contributed by atoms with E-state index < -0.39 is 0 Å². The molecule has 3 aromatic heterocycles. The fraction of sp³-hybridized carbons (Fsp3) is 0.429. The summed E-state index contributed by atoms with van der Waals surface area (Å²) >= 11 is 0. The molecule has 2 bridgehead atoms. The van der Waals surface area contributed by atoms with E-state index >= 15 is 0 Å². The number of likely N-dealkylation sites (tertiary alicyclic amines) is 1. The van der Waals surface area contributed by atoms with E-state index in [0.717, 1.165) is 53.4 Å². The van der Waals surface area contributed by atoms with Gasteiger partial charge in [0.15, 0.2) is 5.58 Å². The molecule has 1 amide bonds. The summed E-state index contributed by atoms with van der Waals surface area (Å²) in [5.41, 5.74) is 3.56. The van der Waals surface area contributed by atoms with Crippen LogP contribution in [0.5, 0.6) is 0 Å². The van der Waals surface area contributed by atoms with Crippen LogP contribution in [0.1, 0.15) is 19.3 Å². The summed E-state index contributed by atoms with van der Waals surface area (Å²) in [5, 5.41) is 7.80. The van der Waals surface area contributed by atoms with Crippen LogP contribution < -0.4 is 15.5 Å². The summed E-state index contributed by atoms with van der Waals surface area (Å²) in [6, 6.07) is 8.21. The lowest BCUT2D eigenvalue weighted by molar-refractivity contribution is -0.117. The first-order valence-electron chi connectivity index (χ1n) is 13.2. The number of carbonyl (C=O) groups is 1. The Morgan fingerprint density at radius 3 is 2.59 bits per heavy atom. The molecule has 2 saturated heterocycles. The number of nitrogens with one attached hydrogen (secondary N) is 2. The van der Waals surface area contributed by atoms with Crippen molar-refractivity contribution in [3.05, 3.63) is 36.7 Å². The Balaban J connectivity index is 1.24. The highest BCUT2D eigenvalue weighted by molar-refractivity contribution is 6.03. The van der Waals surface area contributed by atoms with Gasteiger partial charge >= 0.3 is 0 Å². The first-order chi connectivity index (χ1) is 18.0. The minimum Gasteiger partial charge on any atom is -0.436 e. The standard InChI is InChI=1S/C28H31N7O2/c1-29-26-21-10-30-25(33-27(36)18-3-4-18)9-20(21)22(11-31-26)28-32-23-8-19(5-6-24(23)37-28)35-14-16-7-17(15-35)13-34(2)12-16/h5-6,8-11,16-18H,3-4,7,12-15H2,1-2H3,(H,29,31)(H,30,33,36). The molecule has 2 aliphatic heterocycles. The normalized spacial score (nSPS) is 21.9. The topological polar surface area (TPSA) is 99.4 Å². The van der Waals surface area contributed by atoms with Gasteiger partial charge < -0.3 is 24.9 Å². The average Bonchev–Trinajstić information content (AvgIpc) is 3.66. The van der Waals surface area contributed by atoms with E-state index in [0.29, 0.717) is 29.4 Å². The van der Waals surface area contributed by atoms with Gasteiger partial charge in [-0.25, -0.2) is 15.0 Å². The predicted octanol–water partition coefficient (Wildman–Crippen LogP) is 4.22. The minimum atomic E-state index is 0.0270. The zero-order valence-electron chi connectivity index (χ0n) is 21.2. The Bertz CT molecular complexity index is 1490. The van der Waals surface area contributed by atoms with Crippen molar-refractivity contribution in [2.45, 2.75) is 19.3 Å². The van der Waals surface area contributed by atoms with Crippen molar-refractivity contribution >= 4 is 45.1 Å². The van der Waals surface area contributed by atoms with Gasteiger partial charge in [-0.1, -0.05) is 0 Å². The van der Waals surface area contributed by atoms with E-state index in [2.05, 4.69) is 49.6 Å². The second-order valence-corrected chi connectivity index (χ2v) is 10.9. The van der Waals surface area contributed by atoms with E-state index in [1.807, 2.05) is 19.2 Å². The summed E-state index contributed by atoms with van der Waals surface area (Å²) in [7, 11) is 4.07. The smallest absolute Gasteiger partial charge is 0.229 e. The Kier molecular flexibility index (Phi) is 5.28. The second-order valence-electron chi connectivity index (χ2n) is 10.9. The van der Waals surface area contributed by atoms with Crippen LogP contribution in [0.3, 0.4) is 0 Å². The van der Waals surface area contributed by atoms with Gasteiger partial charge in [0.25, 0.3) is 0 Å². The van der Waals surface area contributed by atoms with Crippen LogP contribution >= 0.6 is 0 Å². The number of oxazole rings is 1. The third kappa shape index (κ3) is 4.17. The van der Waals surface area contributed by atoms with Crippen molar-refractivity contribution in [3.63, 3.8) is 0 Å². The Labute approximate surface area is 215 Å². The number of hydrogen-bond donors (Lipinski definition) is 2. The minimum absolute atomic E-state index is 0.0270. The van der Waals surface area contributed by atoms with Crippen LogP contribution in [0.4, 0.5) is 17.3 Å². The van der Waals surface area contributed by atoms with Gasteiger partial charge in [-0.05, 0) is 62.4 Å². The number of fused-ring (bicyclic) bond motifs is 4. The van der Waals surface area contributed by atoms with Crippen LogP contribution in [-0.4, -0.2) is 66.0 Å². The van der Waals surface area contributed by atoms with Crippen LogP contribution in [0.15, 0.2) is 41.1 Å². The van der Waals surface area contributed by atoms with Gasteiger partial charge in [0.2, 0.25) is 11.8 Å². The van der Waals surface area contributed by atoms with Gasteiger partial charge in [-0.3, -0.25) is 4.79 Å². The monoisotopic (exact) mass is 497 g/mol. The van der Waals surface area contributed by atoms with E-state index in [9.17, 15) is 4.79 Å². The van der Waals surface area contributed by atoms with Crippen molar-refractivity contribution in [2.24, 2.45) is 17.8 Å². The number of hydrogen-bond acceptors (Lipinski definition) is 8. The van der Waals surface area contributed by atoms with Crippen LogP contribution in [0.25, 0.3) is 33.3 Å². The van der Waals surface area contributed by atoms with Crippen molar-refractivity contribution < 1.29 is 9.21 Å². The molecule has 4 aromatic rings. The van der Waals surface area contributed by atoms with Gasteiger partial charge in [0.1, 0.15) is 17.2 Å². The van der Waals surface area contributed by atoms with E-state index in [1.54, 1.807) is 12.4 Å². The summed E-state index contributed by atoms with van der Waals surface area (Å²) in [6.45, 7) is 4.51. The number of rotatable bonds is 5. The molecule has 1 saturated carbocycles. The molecular formula is C28H31N7O2. The van der Waals surface area contributed by atoms with E-state index in [4.69, 9.17) is 9.40 Å². The lowest BCUT2D eigenvalue weighted by Gasteiger charge is -2.45. The van der Waals surface area contributed by atoms with Crippen LogP contribution in [0, 0.1) is 17.8 Å². The number of piperidine rings is 2. The van der Waals surface area contributed by atoms with Gasteiger partial charge in [-0.2, -0.15) is 0 Å². The Morgan fingerprint density at radius 1 is 1.03 bits per heavy atom. The van der Waals surface area contributed by atoms with E-state index in [-0.39, 0.29) is 11.8 Å². The van der Waals surface area contributed by atoms with Crippen molar-refractivity contribution in [1.29, 1.82) is 0 Å². The number of amides is 1. The zero-order chi connectivity index (χ0) is 25.1. The molecule has 190 valence electrons. The number of aromatic nitrogens is 3. The lowest BCUT2D eigenvalue weighted by atomic mass is 9.84. The Morgan fingerprint density at radius 2 is 1.84 bits per heavy atom. The molecule has 2 unspecified atom stereocenters. The van der Waals surface area contributed by atoms with Crippen LogP contribution in [0.2, 0.25) is 0 Å². The van der Waals surface area contributed by atoms with Crippen molar-refractivity contribution in [2.75, 3.05) is 55.8 Å². The maximum absolute atomic E-state index is 12.3. The number of benzene rings is 1. The predicted molar refractivity (Wildman–Crippen MR) is 145 cm³/mol. The lowest BCUT2D eigenvalue weighted by Crippen LogP contribution is -2.51. The number of carbonyl (C=O) groups excluding carboxylic acids is 1. The summed E-state index contributed by atoms with van der Waals surface area (Å²) in [4.78, 5) is 31.3. The van der Waals surface area contributed by atoms with Crippen molar-refractivity contribution in [1.82, 2.24) is 19.9 Å². The summed E-state index contributed by atoms with van der Waals surface area (Å²) < 4.78 is 6.23.